The Hall–Kier alpha value is -1.36. The quantitative estimate of drug-likeness (QED) is 0.907. The molecule has 0 aliphatic heterocycles. The van der Waals surface area contributed by atoms with Gasteiger partial charge in [-0.2, -0.15) is 0 Å². The predicted molar refractivity (Wildman–Crippen MR) is 59.0 cm³/mol. The molecule has 0 spiro atoms. The number of fused-ring (bicyclic) bond motifs is 1. The summed E-state index contributed by atoms with van der Waals surface area (Å²) < 4.78 is 2.65. The summed E-state index contributed by atoms with van der Waals surface area (Å²) in [5.41, 5.74) is 1.67. The highest BCUT2D eigenvalue weighted by Gasteiger charge is 2.07. The highest BCUT2D eigenvalue weighted by Crippen LogP contribution is 2.19. The van der Waals surface area contributed by atoms with Gasteiger partial charge in [0.1, 0.15) is 10.4 Å². The molecule has 0 saturated heterocycles. The van der Waals surface area contributed by atoms with Crippen LogP contribution >= 0.6 is 15.9 Å². The second-order valence-electron chi connectivity index (χ2n) is 3.31. The van der Waals surface area contributed by atoms with Gasteiger partial charge in [0.15, 0.2) is 0 Å². The number of hydrogen-bond acceptors (Lipinski definition) is 2. The third kappa shape index (κ3) is 1.87. The van der Waals surface area contributed by atoms with E-state index in [1.54, 1.807) is 6.07 Å². The lowest BCUT2D eigenvalue weighted by Crippen LogP contribution is -2.00. The van der Waals surface area contributed by atoms with Crippen molar-refractivity contribution in [2.45, 2.75) is 13.3 Å². The van der Waals surface area contributed by atoms with Crippen molar-refractivity contribution in [2.24, 2.45) is 0 Å². The van der Waals surface area contributed by atoms with E-state index < -0.39 is 5.97 Å². The lowest BCUT2D eigenvalue weighted by molar-refractivity contribution is -0.136. The van der Waals surface area contributed by atoms with Crippen molar-refractivity contribution in [1.82, 2.24) is 9.38 Å². The molecule has 2 aromatic rings. The van der Waals surface area contributed by atoms with Crippen LogP contribution in [0, 0.1) is 6.92 Å². The van der Waals surface area contributed by atoms with E-state index in [1.807, 2.05) is 23.6 Å². The van der Waals surface area contributed by atoms with Crippen molar-refractivity contribution in [3.8, 4) is 0 Å². The Bertz CT molecular complexity index is 533. The fourth-order valence-electron chi connectivity index (χ4n) is 1.52. The fourth-order valence-corrected chi connectivity index (χ4v) is 2.08. The summed E-state index contributed by atoms with van der Waals surface area (Å²) in [7, 11) is 0. The molecule has 0 unspecified atom stereocenters. The molecular formula is C10H9BrN2O2. The van der Waals surface area contributed by atoms with Gasteiger partial charge < -0.3 is 9.51 Å². The number of aromatic nitrogens is 2. The highest BCUT2D eigenvalue weighted by molar-refractivity contribution is 9.10. The van der Waals surface area contributed by atoms with Gasteiger partial charge in [-0.25, -0.2) is 4.98 Å². The molecule has 78 valence electrons. The van der Waals surface area contributed by atoms with Crippen LogP contribution in [0.4, 0.5) is 0 Å². The van der Waals surface area contributed by atoms with E-state index in [4.69, 9.17) is 5.11 Å². The van der Waals surface area contributed by atoms with Gasteiger partial charge in [-0.15, -0.1) is 0 Å². The molecule has 15 heavy (non-hydrogen) atoms. The molecule has 2 aromatic heterocycles. The first kappa shape index (κ1) is 10.2. The van der Waals surface area contributed by atoms with Crippen molar-refractivity contribution in [2.75, 3.05) is 0 Å². The molecule has 0 saturated carbocycles. The van der Waals surface area contributed by atoms with Crippen LogP contribution < -0.4 is 0 Å². The molecule has 0 aliphatic carbocycles. The Morgan fingerprint density at radius 2 is 2.40 bits per heavy atom. The normalized spacial score (nSPS) is 10.8. The van der Waals surface area contributed by atoms with Crippen LogP contribution in [0.3, 0.4) is 0 Å². The Morgan fingerprint density at radius 3 is 3.07 bits per heavy atom. The van der Waals surface area contributed by atoms with Crippen LogP contribution in [-0.4, -0.2) is 20.5 Å². The van der Waals surface area contributed by atoms with E-state index in [9.17, 15) is 4.79 Å². The molecule has 2 rings (SSSR count). The number of carboxylic acid groups (broad SMARTS) is 1. The molecule has 5 heteroatoms. The monoisotopic (exact) mass is 268 g/mol. The Balaban J connectivity index is 2.55. The van der Waals surface area contributed by atoms with Crippen LogP contribution in [0.25, 0.3) is 5.52 Å². The third-order valence-electron chi connectivity index (χ3n) is 2.19. The van der Waals surface area contributed by atoms with Crippen LogP contribution in [-0.2, 0) is 11.2 Å². The number of aliphatic carboxylic acids is 1. The van der Waals surface area contributed by atoms with Gasteiger partial charge in [0.05, 0.1) is 11.9 Å². The van der Waals surface area contributed by atoms with Gasteiger partial charge in [-0.3, -0.25) is 4.79 Å². The zero-order valence-corrected chi connectivity index (χ0v) is 9.65. The summed E-state index contributed by atoms with van der Waals surface area (Å²) in [6.45, 7) is 1.90. The molecule has 1 N–H and O–H groups in total. The molecule has 0 amide bonds. The van der Waals surface area contributed by atoms with Crippen LogP contribution in [0.15, 0.2) is 22.9 Å². The first-order valence-electron chi connectivity index (χ1n) is 4.43. The van der Waals surface area contributed by atoms with E-state index in [0.29, 0.717) is 0 Å². The maximum Gasteiger partial charge on any atom is 0.307 e. The predicted octanol–water partition coefficient (Wildman–Crippen LogP) is 2.03. The first-order valence-corrected chi connectivity index (χ1v) is 5.22. The zero-order chi connectivity index (χ0) is 11.0. The van der Waals surface area contributed by atoms with Gasteiger partial charge in [-0.05, 0) is 40.5 Å². The van der Waals surface area contributed by atoms with Gasteiger partial charge in [-0.1, -0.05) is 0 Å². The number of nitrogens with zero attached hydrogens (tertiary/aromatic N) is 2. The van der Waals surface area contributed by atoms with E-state index in [-0.39, 0.29) is 6.42 Å². The van der Waals surface area contributed by atoms with Gasteiger partial charge in [0, 0.05) is 6.20 Å². The third-order valence-corrected chi connectivity index (χ3v) is 2.78. The van der Waals surface area contributed by atoms with Crippen molar-refractivity contribution < 1.29 is 9.90 Å². The number of hydrogen-bond donors (Lipinski definition) is 1. The average Bonchev–Trinajstić information content (AvgIpc) is 2.41. The van der Waals surface area contributed by atoms with Crippen LogP contribution in [0.1, 0.15) is 11.4 Å². The standard InChI is InChI=1S/C10H9BrN2O2/c1-6-12-10(11)8-4-7(5-9(14)15)2-3-13(6)8/h2-4H,5H2,1H3,(H,14,15). The molecule has 0 radical (unpaired) electrons. The largest absolute Gasteiger partial charge is 0.481 e. The highest BCUT2D eigenvalue weighted by atomic mass is 79.9. The molecule has 0 aromatic carbocycles. The smallest absolute Gasteiger partial charge is 0.307 e. The van der Waals surface area contributed by atoms with E-state index >= 15 is 0 Å². The maximum absolute atomic E-state index is 10.6. The van der Waals surface area contributed by atoms with Crippen LogP contribution in [0.2, 0.25) is 0 Å². The minimum absolute atomic E-state index is 0.0349. The number of imidazole rings is 1. The van der Waals surface area contributed by atoms with Gasteiger partial charge in [0.25, 0.3) is 0 Å². The summed E-state index contributed by atoms with van der Waals surface area (Å²) in [6, 6.07) is 3.63. The van der Waals surface area contributed by atoms with Crippen molar-refractivity contribution >= 4 is 27.4 Å². The number of halogens is 1. The molecule has 4 nitrogen and oxygen atoms in total. The summed E-state index contributed by atoms with van der Waals surface area (Å²) in [5.74, 6) is 0.0467. The summed E-state index contributed by atoms with van der Waals surface area (Å²) >= 11 is 3.34. The molecule has 0 aliphatic rings. The summed E-state index contributed by atoms with van der Waals surface area (Å²) in [5, 5.41) is 8.68. The molecule has 0 atom stereocenters. The second-order valence-corrected chi connectivity index (χ2v) is 4.06. The molecule has 0 fully saturated rings. The average molecular weight is 269 g/mol. The van der Waals surface area contributed by atoms with Gasteiger partial charge in [0.2, 0.25) is 0 Å². The second kappa shape index (κ2) is 3.66. The Kier molecular flexibility index (Phi) is 2.48. The Labute approximate surface area is 94.7 Å². The fraction of sp³-hybridized carbons (Fsp3) is 0.200. The van der Waals surface area contributed by atoms with E-state index in [0.717, 1.165) is 21.5 Å². The lowest BCUT2D eigenvalue weighted by Gasteiger charge is -2.00. The SMILES string of the molecule is Cc1nc(Br)c2cc(CC(=O)O)ccn12. The van der Waals surface area contributed by atoms with Gasteiger partial charge >= 0.3 is 5.97 Å². The first-order chi connectivity index (χ1) is 7.08. The Morgan fingerprint density at radius 1 is 1.67 bits per heavy atom. The zero-order valence-electron chi connectivity index (χ0n) is 8.07. The van der Waals surface area contributed by atoms with Crippen molar-refractivity contribution in [3.63, 3.8) is 0 Å². The number of carbonyl (C=O) groups is 1. The number of pyridine rings is 1. The minimum atomic E-state index is -0.827. The number of aryl methyl sites for hydroxylation is 1. The van der Waals surface area contributed by atoms with Crippen molar-refractivity contribution in [3.05, 3.63) is 34.3 Å². The van der Waals surface area contributed by atoms with Crippen LogP contribution in [0.5, 0.6) is 0 Å². The maximum atomic E-state index is 10.6. The van der Waals surface area contributed by atoms with E-state index in [1.165, 1.54) is 0 Å². The number of rotatable bonds is 2. The summed E-state index contributed by atoms with van der Waals surface area (Å²) in [4.78, 5) is 14.8. The molecular weight excluding hydrogens is 260 g/mol. The van der Waals surface area contributed by atoms with Crippen molar-refractivity contribution in [1.29, 1.82) is 0 Å². The number of carboxylic acids is 1. The summed E-state index contributed by atoms with van der Waals surface area (Å²) in [6.07, 6.45) is 1.87. The molecule has 0 bridgehead atoms. The topological polar surface area (TPSA) is 54.6 Å². The minimum Gasteiger partial charge on any atom is -0.481 e. The lowest BCUT2D eigenvalue weighted by atomic mass is 10.2. The van der Waals surface area contributed by atoms with E-state index in [2.05, 4.69) is 20.9 Å². The molecule has 2 heterocycles.